The average molecular weight is 385 g/mol. The lowest BCUT2D eigenvalue weighted by molar-refractivity contribution is -0.00555. The van der Waals surface area contributed by atoms with Crippen LogP contribution < -0.4 is 15.4 Å². The summed E-state index contributed by atoms with van der Waals surface area (Å²) in [7, 11) is 1.62. The molecule has 1 aromatic carbocycles. The molecule has 7 heteroatoms. The maximum atomic E-state index is 12.3. The molecule has 6 nitrogen and oxygen atoms in total. The van der Waals surface area contributed by atoms with Crippen LogP contribution in [0.1, 0.15) is 43.5 Å². The van der Waals surface area contributed by atoms with Crippen LogP contribution in [0.3, 0.4) is 0 Å². The van der Waals surface area contributed by atoms with Crippen LogP contribution in [0.25, 0.3) is 0 Å². The summed E-state index contributed by atoms with van der Waals surface area (Å²) in [6, 6.07) is 6.93. The number of urea groups is 1. The van der Waals surface area contributed by atoms with Gasteiger partial charge in [-0.1, -0.05) is 11.3 Å². The number of rotatable bonds is 4. The van der Waals surface area contributed by atoms with Gasteiger partial charge >= 0.3 is 6.03 Å². The number of anilines is 2. The molecule has 2 N–H and O–H groups in total. The summed E-state index contributed by atoms with van der Waals surface area (Å²) in [4.78, 5) is 12.3. The quantitative estimate of drug-likeness (QED) is 0.804. The van der Waals surface area contributed by atoms with Crippen LogP contribution in [0.4, 0.5) is 15.6 Å². The molecule has 2 aromatic rings. The fourth-order valence-electron chi connectivity index (χ4n) is 5.79. The summed E-state index contributed by atoms with van der Waals surface area (Å²) in [6.45, 7) is 0. The summed E-state index contributed by atoms with van der Waals surface area (Å²) in [6.07, 6.45) is 8.00. The van der Waals surface area contributed by atoms with Crippen molar-refractivity contribution in [2.45, 2.75) is 43.9 Å². The highest BCUT2D eigenvalue weighted by Crippen LogP contribution is 2.61. The van der Waals surface area contributed by atoms with E-state index in [1.54, 1.807) is 30.6 Å². The molecule has 4 bridgehead atoms. The first-order valence-electron chi connectivity index (χ1n) is 9.68. The Hall–Kier alpha value is -2.15. The number of nitrogens with one attached hydrogen (secondary N) is 2. The third-order valence-electron chi connectivity index (χ3n) is 6.49. The second-order valence-corrected chi connectivity index (χ2v) is 9.40. The smallest absolute Gasteiger partial charge is 0.325 e. The van der Waals surface area contributed by atoms with Crippen molar-refractivity contribution in [3.63, 3.8) is 0 Å². The van der Waals surface area contributed by atoms with Gasteiger partial charge < -0.3 is 10.1 Å². The van der Waals surface area contributed by atoms with E-state index in [-0.39, 0.29) is 11.4 Å². The number of amides is 2. The molecule has 4 fully saturated rings. The fourth-order valence-corrected chi connectivity index (χ4v) is 6.75. The van der Waals surface area contributed by atoms with Crippen molar-refractivity contribution >= 4 is 28.2 Å². The molecular formula is C20H24N4O2S. The van der Waals surface area contributed by atoms with Gasteiger partial charge in [-0.3, -0.25) is 5.32 Å². The number of hydrogen-bond donors (Lipinski definition) is 2. The molecule has 1 heterocycles. The molecule has 4 aliphatic rings. The number of hydrogen-bond acceptors (Lipinski definition) is 5. The maximum Gasteiger partial charge on any atom is 0.325 e. The minimum absolute atomic E-state index is 0.221. The first kappa shape index (κ1) is 17.0. The largest absolute Gasteiger partial charge is 0.497 e. The van der Waals surface area contributed by atoms with Crippen LogP contribution in [0.5, 0.6) is 5.75 Å². The zero-order valence-electron chi connectivity index (χ0n) is 15.4. The Morgan fingerprint density at radius 1 is 1.04 bits per heavy atom. The van der Waals surface area contributed by atoms with Crippen molar-refractivity contribution in [2.24, 2.45) is 17.8 Å². The number of carbonyl (C=O) groups excluding carboxylic acids is 1. The number of methoxy groups -OCH3 is 1. The van der Waals surface area contributed by atoms with Crippen molar-refractivity contribution in [1.29, 1.82) is 0 Å². The van der Waals surface area contributed by atoms with Gasteiger partial charge in [0.2, 0.25) is 5.13 Å². The molecule has 0 radical (unpaired) electrons. The van der Waals surface area contributed by atoms with Gasteiger partial charge in [0.1, 0.15) is 10.8 Å². The first-order valence-corrected chi connectivity index (χ1v) is 10.5. The molecule has 0 saturated heterocycles. The molecule has 0 spiro atoms. The van der Waals surface area contributed by atoms with Crippen molar-refractivity contribution in [1.82, 2.24) is 10.2 Å². The number of aromatic nitrogens is 2. The van der Waals surface area contributed by atoms with Crippen LogP contribution in [0, 0.1) is 17.8 Å². The lowest BCUT2D eigenvalue weighted by Gasteiger charge is -2.55. The van der Waals surface area contributed by atoms with Gasteiger partial charge in [0.05, 0.1) is 7.11 Å². The van der Waals surface area contributed by atoms with Gasteiger partial charge in [0.15, 0.2) is 0 Å². The third-order valence-corrected chi connectivity index (χ3v) is 7.57. The Morgan fingerprint density at radius 2 is 1.67 bits per heavy atom. The summed E-state index contributed by atoms with van der Waals surface area (Å²) in [5.41, 5.74) is 0.929. The lowest BCUT2D eigenvalue weighted by atomic mass is 9.50. The van der Waals surface area contributed by atoms with E-state index in [9.17, 15) is 4.79 Å². The first-order chi connectivity index (χ1) is 13.1. The van der Waals surface area contributed by atoms with E-state index in [0.29, 0.717) is 10.8 Å². The monoisotopic (exact) mass is 384 g/mol. The van der Waals surface area contributed by atoms with Crippen molar-refractivity contribution in [3.8, 4) is 5.75 Å². The minimum Gasteiger partial charge on any atom is -0.497 e. The van der Waals surface area contributed by atoms with Crippen LogP contribution >= 0.6 is 11.3 Å². The number of benzene rings is 1. The molecule has 0 unspecified atom stereocenters. The summed E-state index contributed by atoms with van der Waals surface area (Å²) < 4.78 is 5.13. The summed E-state index contributed by atoms with van der Waals surface area (Å²) >= 11 is 1.55. The number of carbonyl (C=O) groups is 1. The third kappa shape index (κ3) is 3.18. The van der Waals surface area contributed by atoms with E-state index < -0.39 is 0 Å². The number of nitrogens with zero attached hydrogens (tertiary/aromatic N) is 2. The summed E-state index contributed by atoms with van der Waals surface area (Å²) in [5, 5.41) is 16.1. The Morgan fingerprint density at radius 3 is 2.26 bits per heavy atom. The van der Waals surface area contributed by atoms with Gasteiger partial charge in [-0.05, 0) is 80.5 Å². The molecule has 6 rings (SSSR count). The van der Waals surface area contributed by atoms with Crippen molar-refractivity contribution in [2.75, 3.05) is 17.7 Å². The topological polar surface area (TPSA) is 76.1 Å². The Balaban J connectivity index is 1.26. The molecule has 0 aliphatic heterocycles. The van der Waals surface area contributed by atoms with Crippen LogP contribution in [0.15, 0.2) is 24.3 Å². The highest BCUT2D eigenvalue weighted by atomic mass is 32.1. The predicted octanol–water partition coefficient (Wildman–Crippen LogP) is 4.66. The molecular weight excluding hydrogens is 360 g/mol. The van der Waals surface area contributed by atoms with E-state index in [4.69, 9.17) is 4.74 Å². The highest BCUT2D eigenvalue weighted by Gasteiger charge is 2.53. The predicted molar refractivity (Wildman–Crippen MR) is 105 cm³/mol. The number of ether oxygens (including phenoxy) is 1. The molecule has 27 heavy (non-hydrogen) atoms. The molecule has 4 aliphatic carbocycles. The van der Waals surface area contributed by atoms with Gasteiger partial charge in [0, 0.05) is 11.1 Å². The zero-order chi connectivity index (χ0) is 18.4. The van der Waals surface area contributed by atoms with Crippen LogP contribution in [0.2, 0.25) is 0 Å². The Labute approximate surface area is 162 Å². The van der Waals surface area contributed by atoms with Gasteiger partial charge in [0.25, 0.3) is 0 Å². The van der Waals surface area contributed by atoms with Gasteiger partial charge in [-0.15, -0.1) is 10.2 Å². The van der Waals surface area contributed by atoms with Crippen LogP contribution in [-0.2, 0) is 5.41 Å². The second kappa shape index (κ2) is 6.48. The molecule has 4 saturated carbocycles. The SMILES string of the molecule is COc1ccc(NC(=O)Nc2nnc(C34CC5CC(CC(C5)C3)C4)s2)cc1. The molecule has 0 atom stereocenters. The van der Waals surface area contributed by atoms with E-state index >= 15 is 0 Å². The standard InChI is InChI=1S/C20H24N4O2S/c1-26-16-4-2-15(3-5-16)21-18(25)22-19-24-23-17(27-19)20-9-12-6-13(10-20)8-14(7-12)11-20/h2-5,12-14H,6-11H2,1H3,(H2,21,22,24,25). The van der Waals surface area contributed by atoms with Gasteiger partial charge in [-0.2, -0.15) is 0 Å². The van der Waals surface area contributed by atoms with E-state index in [0.717, 1.165) is 28.5 Å². The highest BCUT2D eigenvalue weighted by molar-refractivity contribution is 7.15. The molecule has 142 valence electrons. The summed E-state index contributed by atoms with van der Waals surface area (Å²) in [5.74, 6) is 3.37. The van der Waals surface area contributed by atoms with E-state index in [1.165, 1.54) is 38.5 Å². The minimum atomic E-state index is -0.298. The Bertz CT molecular complexity index is 813. The normalized spacial score (nSPS) is 30.9. The molecule has 2 amide bonds. The lowest BCUT2D eigenvalue weighted by Crippen LogP contribution is -2.48. The van der Waals surface area contributed by atoms with Gasteiger partial charge in [-0.25, -0.2) is 4.79 Å². The van der Waals surface area contributed by atoms with Crippen molar-refractivity contribution < 1.29 is 9.53 Å². The maximum absolute atomic E-state index is 12.3. The average Bonchev–Trinajstić information content (AvgIpc) is 3.10. The van der Waals surface area contributed by atoms with E-state index in [1.807, 2.05) is 12.1 Å². The van der Waals surface area contributed by atoms with Crippen molar-refractivity contribution in [3.05, 3.63) is 29.3 Å². The fraction of sp³-hybridized carbons (Fsp3) is 0.550. The molecule has 1 aromatic heterocycles. The van der Waals surface area contributed by atoms with Crippen LogP contribution in [-0.4, -0.2) is 23.3 Å². The second-order valence-electron chi connectivity index (χ2n) is 8.42. The zero-order valence-corrected chi connectivity index (χ0v) is 16.2. The Kier molecular flexibility index (Phi) is 4.07. The van der Waals surface area contributed by atoms with E-state index in [2.05, 4.69) is 20.8 Å².